The third kappa shape index (κ3) is 7.41. The molecule has 0 aliphatic rings. The van der Waals surface area contributed by atoms with Crippen molar-refractivity contribution < 1.29 is 4.79 Å². The number of aryl methyl sites for hydroxylation is 1. The number of carbonyl (C=O) groups excluding carboxylic acids is 1. The van der Waals surface area contributed by atoms with Gasteiger partial charge in [0.15, 0.2) is 5.96 Å². The van der Waals surface area contributed by atoms with E-state index in [1.165, 1.54) is 4.88 Å². The lowest BCUT2D eigenvalue weighted by atomic mass is 10.2. The van der Waals surface area contributed by atoms with Crippen LogP contribution in [0.2, 0.25) is 0 Å². The second-order valence-corrected chi connectivity index (χ2v) is 6.56. The molecule has 0 bridgehead atoms. The van der Waals surface area contributed by atoms with Crippen LogP contribution < -0.4 is 16.0 Å². The van der Waals surface area contributed by atoms with E-state index in [1.54, 1.807) is 36.6 Å². The van der Waals surface area contributed by atoms with Crippen LogP contribution in [-0.4, -0.2) is 37.0 Å². The zero-order valence-electron chi connectivity index (χ0n) is 14.7. The van der Waals surface area contributed by atoms with Crippen molar-refractivity contribution in [3.05, 3.63) is 45.9 Å². The smallest absolute Gasteiger partial charge is 0.243 e. The first-order valence-electron chi connectivity index (χ1n) is 7.83. The Bertz CT molecular complexity index is 797. The molecule has 0 fully saturated rings. The highest BCUT2D eigenvalue weighted by Crippen LogP contribution is 2.11. The van der Waals surface area contributed by atoms with Crippen LogP contribution in [0.25, 0.3) is 0 Å². The average molecular weight is 483 g/mol. The number of guanidine groups is 1. The quantitative estimate of drug-likeness (QED) is 0.255. The highest BCUT2D eigenvalue weighted by Gasteiger charge is 2.05. The molecule has 1 aromatic carbocycles. The van der Waals surface area contributed by atoms with Crippen molar-refractivity contribution in [1.82, 2.24) is 15.6 Å². The molecule has 1 aromatic heterocycles. The summed E-state index contributed by atoms with van der Waals surface area (Å²) in [5.41, 5.74) is 1.39. The molecule has 0 aliphatic carbocycles. The van der Waals surface area contributed by atoms with Gasteiger partial charge in [0.2, 0.25) is 5.91 Å². The summed E-state index contributed by atoms with van der Waals surface area (Å²) in [5, 5.41) is 10.0. The molecule has 0 saturated heterocycles. The van der Waals surface area contributed by atoms with Crippen LogP contribution >= 0.6 is 35.3 Å². The van der Waals surface area contributed by atoms with Gasteiger partial charge >= 0.3 is 0 Å². The number of aromatic nitrogens is 1. The SMILES string of the molecule is C#Cc1cccc(NC(=O)CNC(=NC)NCCc2ncc(C)s2)c1.I. The lowest BCUT2D eigenvalue weighted by Crippen LogP contribution is -2.42. The summed E-state index contributed by atoms with van der Waals surface area (Å²) in [7, 11) is 1.66. The zero-order valence-corrected chi connectivity index (χ0v) is 17.9. The van der Waals surface area contributed by atoms with Gasteiger partial charge < -0.3 is 16.0 Å². The minimum absolute atomic E-state index is 0. The number of terminal acetylenes is 1. The van der Waals surface area contributed by atoms with Gasteiger partial charge in [0.05, 0.1) is 11.6 Å². The number of aliphatic imine (C=N–C) groups is 1. The Morgan fingerprint density at radius 2 is 2.19 bits per heavy atom. The number of amides is 1. The molecule has 0 atom stereocenters. The first kappa shape index (κ1) is 21.9. The van der Waals surface area contributed by atoms with Gasteiger partial charge in [-0.25, -0.2) is 4.98 Å². The lowest BCUT2D eigenvalue weighted by Gasteiger charge is -2.11. The molecule has 26 heavy (non-hydrogen) atoms. The highest BCUT2D eigenvalue weighted by molar-refractivity contribution is 14.0. The van der Waals surface area contributed by atoms with Crippen LogP contribution in [0.1, 0.15) is 15.4 Å². The van der Waals surface area contributed by atoms with Gasteiger partial charge in [-0.3, -0.25) is 9.79 Å². The van der Waals surface area contributed by atoms with Crippen molar-refractivity contribution in [3.8, 4) is 12.3 Å². The van der Waals surface area contributed by atoms with Crippen molar-refractivity contribution in [2.45, 2.75) is 13.3 Å². The van der Waals surface area contributed by atoms with E-state index >= 15 is 0 Å². The van der Waals surface area contributed by atoms with E-state index in [-0.39, 0.29) is 36.4 Å². The number of hydrogen-bond acceptors (Lipinski definition) is 4. The fraction of sp³-hybridized carbons (Fsp3) is 0.278. The summed E-state index contributed by atoms with van der Waals surface area (Å²) in [6.45, 7) is 2.84. The normalized spacial score (nSPS) is 10.4. The maximum Gasteiger partial charge on any atom is 0.243 e. The van der Waals surface area contributed by atoms with E-state index < -0.39 is 0 Å². The molecular weight excluding hydrogens is 461 g/mol. The number of hydrogen-bond donors (Lipinski definition) is 3. The molecule has 1 heterocycles. The van der Waals surface area contributed by atoms with Gasteiger partial charge in [0.25, 0.3) is 0 Å². The largest absolute Gasteiger partial charge is 0.356 e. The molecule has 2 rings (SSSR count). The number of halogens is 1. The molecule has 1 amide bonds. The van der Waals surface area contributed by atoms with Crippen molar-refractivity contribution >= 4 is 52.9 Å². The Hall–Kier alpha value is -2.12. The van der Waals surface area contributed by atoms with Crippen molar-refractivity contribution in [2.75, 3.05) is 25.5 Å². The predicted molar refractivity (Wildman–Crippen MR) is 118 cm³/mol. The summed E-state index contributed by atoms with van der Waals surface area (Å²) < 4.78 is 0. The predicted octanol–water partition coefficient (Wildman–Crippen LogP) is 2.40. The van der Waals surface area contributed by atoms with Gasteiger partial charge in [-0.05, 0) is 25.1 Å². The number of nitrogens with zero attached hydrogens (tertiary/aromatic N) is 2. The minimum atomic E-state index is -0.173. The number of nitrogens with one attached hydrogen (secondary N) is 3. The Labute approximate surface area is 174 Å². The number of rotatable bonds is 6. The third-order valence-corrected chi connectivity index (χ3v) is 4.23. The molecule has 2 aromatic rings. The van der Waals surface area contributed by atoms with Crippen LogP contribution in [0, 0.1) is 19.3 Å². The van der Waals surface area contributed by atoms with Crippen molar-refractivity contribution in [2.24, 2.45) is 4.99 Å². The first-order valence-corrected chi connectivity index (χ1v) is 8.64. The second kappa shape index (κ2) is 11.5. The summed E-state index contributed by atoms with van der Waals surface area (Å²) >= 11 is 1.68. The lowest BCUT2D eigenvalue weighted by molar-refractivity contribution is -0.115. The van der Waals surface area contributed by atoms with Crippen LogP contribution in [0.4, 0.5) is 5.69 Å². The van der Waals surface area contributed by atoms with E-state index in [1.807, 2.05) is 19.2 Å². The van der Waals surface area contributed by atoms with E-state index in [0.29, 0.717) is 18.2 Å². The molecule has 8 heteroatoms. The first-order chi connectivity index (χ1) is 12.1. The average Bonchev–Trinajstić information content (AvgIpc) is 3.03. The van der Waals surface area contributed by atoms with Crippen molar-refractivity contribution in [1.29, 1.82) is 0 Å². The number of benzene rings is 1. The molecule has 0 radical (unpaired) electrons. The van der Waals surface area contributed by atoms with Crippen LogP contribution in [-0.2, 0) is 11.2 Å². The maximum absolute atomic E-state index is 12.0. The molecule has 0 spiro atoms. The van der Waals surface area contributed by atoms with Crippen LogP contribution in [0.3, 0.4) is 0 Å². The monoisotopic (exact) mass is 483 g/mol. The van der Waals surface area contributed by atoms with E-state index in [4.69, 9.17) is 6.42 Å². The fourth-order valence-corrected chi connectivity index (χ4v) is 2.87. The molecule has 6 nitrogen and oxygen atoms in total. The number of thiazole rings is 1. The molecule has 138 valence electrons. The molecule has 0 unspecified atom stereocenters. The summed E-state index contributed by atoms with van der Waals surface area (Å²) in [4.78, 5) is 21.6. The van der Waals surface area contributed by atoms with Crippen molar-refractivity contribution in [3.63, 3.8) is 0 Å². The highest BCUT2D eigenvalue weighted by atomic mass is 127. The second-order valence-electron chi connectivity index (χ2n) is 5.24. The number of carbonyl (C=O) groups is 1. The molecule has 3 N–H and O–H groups in total. The van der Waals surface area contributed by atoms with Crippen LogP contribution in [0.15, 0.2) is 35.5 Å². The van der Waals surface area contributed by atoms with Gasteiger partial charge in [-0.2, -0.15) is 0 Å². The number of anilines is 1. The minimum Gasteiger partial charge on any atom is -0.356 e. The van der Waals surface area contributed by atoms with Gasteiger partial charge in [-0.1, -0.05) is 12.0 Å². The summed E-state index contributed by atoms with van der Waals surface area (Å²) in [5.74, 6) is 2.93. The van der Waals surface area contributed by atoms with Crippen LogP contribution in [0.5, 0.6) is 0 Å². The Morgan fingerprint density at radius 3 is 2.85 bits per heavy atom. The third-order valence-electron chi connectivity index (χ3n) is 3.25. The standard InChI is InChI=1S/C18H21N5OS.HI/c1-4-14-6-5-7-15(10-14)23-16(24)12-22-18(19-3)20-9-8-17-21-11-13(2)25-17;/h1,5-7,10-11H,8-9,12H2,2-3H3,(H,23,24)(H2,19,20,22);1H. The molecule has 0 aliphatic heterocycles. The zero-order chi connectivity index (χ0) is 18.1. The van der Waals surface area contributed by atoms with Gasteiger partial charge in [0.1, 0.15) is 0 Å². The van der Waals surface area contributed by atoms with E-state index in [0.717, 1.165) is 17.0 Å². The van der Waals surface area contributed by atoms with E-state index in [2.05, 4.69) is 31.8 Å². The fourth-order valence-electron chi connectivity index (χ4n) is 2.08. The summed E-state index contributed by atoms with van der Waals surface area (Å²) in [6, 6.07) is 7.16. The van der Waals surface area contributed by atoms with Gasteiger partial charge in [0, 0.05) is 42.3 Å². The molecule has 0 saturated carbocycles. The van der Waals surface area contributed by atoms with E-state index in [9.17, 15) is 4.79 Å². The van der Waals surface area contributed by atoms with Gasteiger partial charge in [-0.15, -0.1) is 41.7 Å². The summed E-state index contributed by atoms with van der Waals surface area (Å²) in [6.07, 6.45) is 8.03. The maximum atomic E-state index is 12.0. The Kier molecular flexibility index (Phi) is 9.69. The topological polar surface area (TPSA) is 78.4 Å². The Morgan fingerprint density at radius 1 is 1.38 bits per heavy atom. The molecular formula is C18H22IN5OS. The Balaban J connectivity index is 0.00000338.